The summed E-state index contributed by atoms with van der Waals surface area (Å²) >= 11 is 0. The van der Waals surface area contributed by atoms with Gasteiger partial charge >= 0.3 is 0 Å². The molecule has 3 aromatic rings. The molecule has 1 aliphatic carbocycles. The number of nitriles is 1. The normalized spacial score (nSPS) is 17.9. The van der Waals surface area contributed by atoms with Gasteiger partial charge in [-0.3, -0.25) is 5.10 Å². The lowest BCUT2D eigenvalue weighted by Crippen LogP contribution is -2.43. The average Bonchev–Trinajstić information content (AvgIpc) is 3.14. The molecule has 2 aromatic heterocycles. The highest BCUT2D eigenvalue weighted by atomic mass is 16.5. The van der Waals surface area contributed by atoms with E-state index >= 15 is 0 Å². The molecular weight excluding hydrogens is 370 g/mol. The number of nitrogens with two attached hydrogens (primary N) is 1. The van der Waals surface area contributed by atoms with Crippen molar-refractivity contribution in [3.05, 3.63) is 41.9 Å². The van der Waals surface area contributed by atoms with Crippen LogP contribution in [0.2, 0.25) is 0 Å². The summed E-state index contributed by atoms with van der Waals surface area (Å²) in [4.78, 5) is 8.13. The maximum atomic E-state index is 8.82. The number of aromatic amines is 1. The molecule has 1 saturated carbocycles. The van der Waals surface area contributed by atoms with Crippen LogP contribution in [0.25, 0.3) is 11.3 Å². The molecule has 0 atom stereocenters. The summed E-state index contributed by atoms with van der Waals surface area (Å²) in [7, 11) is 1.63. The van der Waals surface area contributed by atoms with Crippen LogP contribution >= 0.6 is 0 Å². The predicted molar refractivity (Wildman–Crippen MR) is 107 cm³/mol. The zero-order valence-corrected chi connectivity index (χ0v) is 16.1. The molecule has 9 heteroatoms. The van der Waals surface area contributed by atoms with E-state index in [0.717, 1.165) is 35.4 Å². The molecular formula is C20H21N7O2. The SMILES string of the molecule is COc1cc(C)cc(O[C@H]2C[C@H](N)C2)c1-c1cc(Nc2cnc(C#N)cn2)n[nH]1. The molecule has 0 saturated heterocycles. The van der Waals surface area contributed by atoms with Crippen molar-refractivity contribution in [1.82, 2.24) is 20.2 Å². The van der Waals surface area contributed by atoms with Gasteiger partial charge in [-0.2, -0.15) is 10.4 Å². The Bertz CT molecular complexity index is 1050. The number of H-pyrrole nitrogens is 1. The molecule has 0 unspecified atom stereocenters. The van der Waals surface area contributed by atoms with Gasteiger partial charge in [-0.1, -0.05) is 0 Å². The third kappa shape index (κ3) is 3.97. The van der Waals surface area contributed by atoms with E-state index in [2.05, 4.69) is 25.5 Å². The number of ether oxygens (including phenoxy) is 2. The van der Waals surface area contributed by atoms with Crippen LogP contribution in [0.3, 0.4) is 0 Å². The number of rotatable bonds is 6. The van der Waals surface area contributed by atoms with Crippen LogP contribution in [-0.4, -0.2) is 39.4 Å². The molecule has 0 aliphatic heterocycles. The summed E-state index contributed by atoms with van der Waals surface area (Å²) in [5, 5.41) is 19.2. The highest BCUT2D eigenvalue weighted by Crippen LogP contribution is 2.41. The van der Waals surface area contributed by atoms with Gasteiger partial charge in [-0.25, -0.2) is 9.97 Å². The van der Waals surface area contributed by atoms with E-state index < -0.39 is 0 Å². The van der Waals surface area contributed by atoms with Crippen molar-refractivity contribution in [3.8, 4) is 28.8 Å². The molecule has 9 nitrogen and oxygen atoms in total. The zero-order chi connectivity index (χ0) is 20.4. The Morgan fingerprint density at radius 2 is 1.97 bits per heavy atom. The summed E-state index contributed by atoms with van der Waals surface area (Å²) in [5.41, 5.74) is 8.72. The Morgan fingerprint density at radius 3 is 2.62 bits per heavy atom. The van der Waals surface area contributed by atoms with Crippen LogP contribution in [-0.2, 0) is 0 Å². The molecule has 0 bridgehead atoms. The predicted octanol–water partition coefficient (Wildman–Crippen LogP) is 2.67. The average molecular weight is 391 g/mol. The molecule has 2 heterocycles. The fraction of sp³-hybridized carbons (Fsp3) is 0.300. The number of hydrogen-bond acceptors (Lipinski definition) is 8. The summed E-state index contributed by atoms with van der Waals surface area (Å²) in [6.45, 7) is 2.00. The Labute approximate surface area is 167 Å². The van der Waals surface area contributed by atoms with Crippen LogP contribution in [0.4, 0.5) is 11.6 Å². The lowest BCUT2D eigenvalue weighted by Gasteiger charge is -2.33. The van der Waals surface area contributed by atoms with Gasteiger partial charge in [0.2, 0.25) is 0 Å². The number of benzene rings is 1. The minimum absolute atomic E-state index is 0.102. The van der Waals surface area contributed by atoms with Crippen molar-refractivity contribution < 1.29 is 9.47 Å². The van der Waals surface area contributed by atoms with Gasteiger partial charge in [0.1, 0.15) is 29.5 Å². The molecule has 0 spiro atoms. The highest BCUT2D eigenvalue weighted by molar-refractivity contribution is 5.77. The van der Waals surface area contributed by atoms with Crippen LogP contribution in [0.15, 0.2) is 30.6 Å². The minimum Gasteiger partial charge on any atom is -0.496 e. The number of hydrogen-bond donors (Lipinski definition) is 3. The van der Waals surface area contributed by atoms with Gasteiger partial charge in [-0.05, 0) is 37.5 Å². The van der Waals surface area contributed by atoms with Crippen molar-refractivity contribution in [1.29, 1.82) is 5.26 Å². The monoisotopic (exact) mass is 391 g/mol. The molecule has 4 rings (SSSR count). The number of aromatic nitrogens is 4. The Hall–Kier alpha value is -3.64. The van der Waals surface area contributed by atoms with E-state index in [1.54, 1.807) is 7.11 Å². The van der Waals surface area contributed by atoms with Crippen molar-refractivity contribution in [2.24, 2.45) is 5.73 Å². The Kier molecular flexibility index (Phi) is 5.01. The lowest BCUT2D eigenvalue weighted by molar-refractivity contribution is 0.101. The second kappa shape index (κ2) is 7.77. The first kappa shape index (κ1) is 18.7. The number of nitrogens with zero attached hydrogens (tertiary/aromatic N) is 4. The van der Waals surface area contributed by atoms with Crippen molar-refractivity contribution in [2.45, 2.75) is 31.9 Å². The second-order valence-electron chi connectivity index (χ2n) is 7.00. The minimum atomic E-state index is 0.102. The number of aryl methyl sites for hydroxylation is 1. The van der Waals surface area contributed by atoms with Gasteiger partial charge in [-0.15, -0.1) is 0 Å². The van der Waals surface area contributed by atoms with Crippen LogP contribution in [0, 0.1) is 18.3 Å². The second-order valence-corrected chi connectivity index (χ2v) is 7.00. The first-order valence-electron chi connectivity index (χ1n) is 9.21. The van der Waals surface area contributed by atoms with E-state index in [1.807, 2.05) is 31.2 Å². The topological polar surface area (TPSA) is 135 Å². The lowest BCUT2D eigenvalue weighted by atomic mass is 9.90. The van der Waals surface area contributed by atoms with Gasteiger partial charge < -0.3 is 20.5 Å². The number of anilines is 2. The molecule has 29 heavy (non-hydrogen) atoms. The van der Waals surface area contributed by atoms with E-state index in [-0.39, 0.29) is 17.8 Å². The maximum Gasteiger partial charge on any atom is 0.158 e. The molecule has 1 aliphatic rings. The summed E-state index contributed by atoms with van der Waals surface area (Å²) in [5.74, 6) is 2.46. The molecule has 1 aromatic carbocycles. The molecule has 0 radical (unpaired) electrons. The standard InChI is InChI=1S/C20H21N7O2/c1-11-3-16(28-2)20(17(4-11)29-14-5-12(22)6-14)15-7-18(27-26-15)25-19-10-23-13(8-21)9-24-19/h3-4,7,9-10,12,14H,5-6,22H2,1-2H3,(H2,24,25,26,27)/t12-,14-. The molecule has 4 N–H and O–H groups in total. The maximum absolute atomic E-state index is 8.82. The van der Waals surface area contributed by atoms with Gasteiger partial charge in [0.25, 0.3) is 0 Å². The van der Waals surface area contributed by atoms with E-state index in [1.165, 1.54) is 12.4 Å². The molecule has 148 valence electrons. The fourth-order valence-corrected chi connectivity index (χ4v) is 3.22. The fourth-order valence-electron chi connectivity index (χ4n) is 3.22. The van der Waals surface area contributed by atoms with Crippen molar-refractivity contribution in [2.75, 3.05) is 12.4 Å². The van der Waals surface area contributed by atoms with Crippen molar-refractivity contribution >= 4 is 11.6 Å². The largest absolute Gasteiger partial charge is 0.496 e. The van der Waals surface area contributed by atoms with E-state index in [0.29, 0.717) is 17.4 Å². The summed E-state index contributed by atoms with van der Waals surface area (Å²) in [6.07, 6.45) is 4.65. The summed E-state index contributed by atoms with van der Waals surface area (Å²) < 4.78 is 11.8. The molecule has 1 fully saturated rings. The third-order valence-corrected chi connectivity index (χ3v) is 4.72. The Balaban J connectivity index is 1.62. The number of methoxy groups -OCH3 is 1. The zero-order valence-electron chi connectivity index (χ0n) is 16.1. The Morgan fingerprint density at radius 1 is 1.17 bits per heavy atom. The van der Waals surface area contributed by atoms with Crippen LogP contribution in [0.5, 0.6) is 11.5 Å². The smallest absolute Gasteiger partial charge is 0.158 e. The van der Waals surface area contributed by atoms with Gasteiger partial charge in [0.15, 0.2) is 11.5 Å². The summed E-state index contributed by atoms with van der Waals surface area (Å²) in [6, 6.07) is 7.92. The number of nitrogens with one attached hydrogen (secondary N) is 2. The highest BCUT2D eigenvalue weighted by Gasteiger charge is 2.29. The quantitative estimate of drug-likeness (QED) is 0.584. The first-order valence-corrected chi connectivity index (χ1v) is 9.21. The van der Waals surface area contributed by atoms with E-state index in [9.17, 15) is 0 Å². The molecule has 0 amide bonds. The van der Waals surface area contributed by atoms with Crippen LogP contribution in [0.1, 0.15) is 24.1 Å². The van der Waals surface area contributed by atoms with Crippen LogP contribution < -0.4 is 20.5 Å². The third-order valence-electron chi connectivity index (χ3n) is 4.72. The van der Waals surface area contributed by atoms with Crippen molar-refractivity contribution in [3.63, 3.8) is 0 Å². The van der Waals surface area contributed by atoms with Gasteiger partial charge in [0, 0.05) is 12.1 Å². The first-order chi connectivity index (χ1) is 14.1. The van der Waals surface area contributed by atoms with Gasteiger partial charge in [0.05, 0.1) is 30.8 Å². The van der Waals surface area contributed by atoms with E-state index in [4.69, 9.17) is 20.5 Å².